The molecule has 0 bridgehead atoms. The number of carbonyl (C=O) groups is 1. The smallest absolute Gasteiger partial charge is 0.266 e. The van der Waals surface area contributed by atoms with Crippen LogP contribution in [0, 0.1) is 6.92 Å². The van der Waals surface area contributed by atoms with Gasteiger partial charge in [0.05, 0.1) is 24.9 Å². The highest BCUT2D eigenvalue weighted by Gasteiger charge is 2.33. The molecule has 1 aromatic carbocycles. The molecule has 150 valence electrons. The number of hydrogen-bond donors (Lipinski definition) is 0. The second kappa shape index (κ2) is 7.80. The number of thiophene rings is 1. The fourth-order valence-electron chi connectivity index (χ4n) is 3.98. The first-order chi connectivity index (χ1) is 14.2. The molecule has 0 radical (unpaired) electrons. The lowest BCUT2D eigenvalue weighted by Gasteiger charge is -2.25. The van der Waals surface area contributed by atoms with Crippen LogP contribution in [-0.2, 0) is 0 Å². The number of carbonyl (C=O) groups excluding carboxylic acids is 1. The molecule has 0 saturated carbocycles. The average molecular weight is 427 g/mol. The second-order valence-corrected chi connectivity index (χ2v) is 9.14. The largest absolute Gasteiger partial charge is 0.490 e. The number of nitrogens with zero attached hydrogens (tertiary/aromatic N) is 2. The van der Waals surface area contributed by atoms with Crippen molar-refractivity contribution in [3.05, 3.63) is 51.2 Å². The van der Waals surface area contributed by atoms with Gasteiger partial charge in [-0.05, 0) is 48.9 Å². The van der Waals surface area contributed by atoms with E-state index in [0.29, 0.717) is 13.2 Å². The summed E-state index contributed by atoms with van der Waals surface area (Å²) in [5.74, 6) is 1.66. The van der Waals surface area contributed by atoms with Gasteiger partial charge in [-0.1, -0.05) is 6.07 Å². The molecular formula is C22H22N2O3S2. The van der Waals surface area contributed by atoms with Crippen LogP contribution in [0.4, 0.5) is 0 Å². The number of thiazole rings is 1. The highest BCUT2D eigenvalue weighted by Crippen LogP contribution is 2.39. The zero-order valence-corrected chi connectivity index (χ0v) is 17.9. The zero-order chi connectivity index (χ0) is 19.8. The molecule has 1 saturated heterocycles. The first kappa shape index (κ1) is 18.6. The van der Waals surface area contributed by atoms with E-state index in [2.05, 4.69) is 16.4 Å². The van der Waals surface area contributed by atoms with Gasteiger partial charge in [0.25, 0.3) is 5.91 Å². The molecule has 7 heteroatoms. The third-order valence-electron chi connectivity index (χ3n) is 5.43. The molecule has 1 amide bonds. The van der Waals surface area contributed by atoms with Crippen molar-refractivity contribution in [1.82, 2.24) is 9.88 Å². The quantitative estimate of drug-likeness (QED) is 0.569. The summed E-state index contributed by atoms with van der Waals surface area (Å²) in [7, 11) is 0. The van der Waals surface area contributed by atoms with Crippen molar-refractivity contribution in [2.45, 2.75) is 32.2 Å². The lowest BCUT2D eigenvalue weighted by atomic mass is 10.0. The maximum absolute atomic E-state index is 13.4. The summed E-state index contributed by atoms with van der Waals surface area (Å²) in [5.41, 5.74) is 3.01. The van der Waals surface area contributed by atoms with Gasteiger partial charge in [0.2, 0.25) is 0 Å². The molecule has 5 rings (SSSR count). The fraction of sp³-hybridized carbons (Fsp3) is 0.364. The standard InChI is InChI=1S/C22H22N2O3S2/c1-14-20(29-21(23-14)16-7-11-28-13-16)22(25)24-8-2-4-17(24)15-5-6-18-19(12-15)27-10-3-9-26-18/h5-7,11-13,17H,2-4,8-10H2,1H3/t17-/m0/s1. The molecule has 0 spiro atoms. The molecule has 3 aromatic rings. The Hall–Kier alpha value is -2.38. The van der Waals surface area contributed by atoms with Gasteiger partial charge < -0.3 is 14.4 Å². The van der Waals surface area contributed by atoms with Gasteiger partial charge in [0, 0.05) is 23.9 Å². The van der Waals surface area contributed by atoms with Crippen LogP contribution in [0.5, 0.6) is 11.5 Å². The van der Waals surface area contributed by atoms with E-state index in [4.69, 9.17) is 9.47 Å². The van der Waals surface area contributed by atoms with Gasteiger partial charge in [-0.2, -0.15) is 11.3 Å². The average Bonchev–Trinajstić information content (AvgIpc) is 3.45. The number of benzene rings is 1. The minimum atomic E-state index is 0.0609. The van der Waals surface area contributed by atoms with Crippen LogP contribution < -0.4 is 9.47 Å². The van der Waals surface area contributed by atoms with E-state index in [1.54, 1.807) is 11.3 Å². The summed E-state index contributed by atoms with van der Waals surface area (Å²) >= 11 is 3.14. The van der Waals surface area contributed by atoms with E-state index in [9.17, 15) is 4.79 Å². The van der Waals surface area contributed by atoms with Crippen LogP contribution in [0.15, 0.2) is 35.0 Å². The van der Waals surface area contributed by atoms with Crippen molar-refractivity contribution < 1.29 is 14.3 Å². The van der Waals surface area contributed by atoms with Gasteiger partial charge >= 0.3 is 0 Å². The van der Waals surface area contributed by atoms with Crippen LogP contribution in [-0.4, -0.2) is 35.5 Å². The highest BCUT2D eigenvalue weighted by molar-refractivity contribution is 7.17. The molecule has 2 aromatic heterocycles. The normalized spacial score (nSPS) is 18.7. The molecule has 29 heavy (non-hydrogen) atoms. The first-order valence-electron chi connectivity index (χ1n) is 9.91. The maximum atomic E-state index is 13.4. The minimum Gasteiger partial charge on any atom is -0.490 e. The van der Waals surface area contributed by atoms with Crippen LogP contribution in [0.2, 0.25) is 0 Å². The Bertz CT molecular complexity index is 1030. The molecule has 5 nitrogen and oxygen atoms in total. The summed E-state index contributed by atoms with van der Waals surface area (Å²) in [4.78, 5) is 20.8. The molecule has 0 unspecified atom stereocenters. The van der Waals surface area contributed by atoms with Crippen LogP contribution in [0.25, 0.3) is 10.6 Å². The molecule has 1 atom stereocenters. The summed E-state index contributed by atoms with van der Waals surface area (Å²) < 4.78 is 11.6. The van der Waals surface area contributed by atoms with Gasteiger partial charge in [-0.3, -0.25) is 4.79 Å². The van der Waals surface area contributed by atoms with Crippen LogP contribution in [0.1, 0.15) is 46.2 Å². The number of hydrogen-bond acceptors (Lipinski definition) is 6. The molecular weight excluding hydrogens is 404 g/mol. The molecule has 2 aliphatic heterocycles. The van der Waals surface area contributed by atoms with Crippen molar-refractivity contribution in [3.8, 4) is 22.1 Å². The monoisotopic (exact) mass is 426 g/mol. The minimum absolute atomic E-state index is 0.0609. The topological polar surface area (TPSA) is 51.7 Å². The molecule has 4 heterocycles. The van der Waals surface area contributed by atoms with Crippen molar-refractivity contribution in [3.63, 3.8) is 0 Å². The van der Waals surface area contributed by atoms with Gasteiger partial charge in [-0.15, -0.1) is 11.3 Å². The Labute approximate surface area is 177 Å². The number of rotatable bonds is 3. The summed E-state index contributed by atoms with van der Waals surface area (Å²) in [6, 6.07) is 8.20. The van der Waals surface area contributed by atoms with E-state index >= 15 is 0 Å². The summed E-state index contributed by atoms with van der Waals surface area (Å²) in [6.45, 7) is 4.04. The van der Waals surface area contributed by atoms with E-state index < -0.39 is 0 Å². The highest BCUT2D eigenvalue weighted by atomic mass is 32.1. The van der Waals surface area contributed by atoms with Crippen molar-refractivity contribution in [1.29, 1.82) is 0 Å². The Morgan fingerprint density at radius 1 is 1.17 bits per heavy atom. The van der Waals surface area contributed by atoms with Crippen molar-refractivity contribution in [2.24, 2.45) is 0 Å². The number of aryl methyl sites for hydroxylation is 1. The van der Waals surface area contributed by atoms with E-state index in [0.717, 1.165) is 64.0 Å². The number of aromatic nitrogens is 1. The second-order valence-electron chi connectivity index (χ2n) is 7.36. The zero-order valence-electron chi connectivity index (χ0n) is 16.2. The van der Waals surface area contributed by atoms with Crippen LogP contribution >= 0.6 is 22.7 Å². The van der Waals surface area contributed by atoms with Crippen LogP contribution in [0.3, 0.4) is 0 Å². The Balaban J connectivity index is 1.43. The Morgan fingerprint density at radius 3 is 2.86 bits per heavy atom. The maximum Gasteiger partial charge on any atom is 0.266 e. The number of amides is 1. The third-order valence-corrected chi connectivity index (χ3v) is 7.31. The molecule has 2 aliphatic rings. The summed E-state index contributed by atoms with van der Waals surface area (Å²) in [5, 5.41) is 5.02. The molecule has 1 fully saturated rings. The molecule has 0 N–H and O–H groups in total. The first-order valence-corrected chi connectivity index (χ1v) is 11.7. The molecule has 0 aliphatic carbocycles. The SMILES string of the molecule is Cc1nc(-c2ccsc2)sc1C(=O)N1CCC[C@H]1c1ccc2c(c1)OCCCO2. The summed E-state index contributed by atoms with van der Waals surface area (Å²) in [6.07, 6.45) is 2.84. The Kier molecular flexibility index (Phi) is 5.01. The Morgan fingerprint density at radius 2 is 2.03 bits per heavy atom. The number of likely N-dealkylation sites (tertiary alicyclic amines) is 1. The van der Waals surface area contributed by atoms with E-state index in [-0.39, 0.29) is 11.9 Å². The predicted octanol–water partition coefficient (Wildman–Crippen LogP) is 5.32. The fourth-order valence-corrected chi connectivity index (χ4v) is 5.71. The van der Waals surface area contributed by atoms with E-state index in [1.165, 1.54) is 11.3 Å². The van der Waals surface area contributed by atoms with Gasteiger partial charge in [0.15, 0.2) is 11.5 Å². The van der Waals surface area contributed by atoms with Crippen molar-refractivity contribution >= 4 is 28.6 Å². The predicted molar refractivity (Wildman–Crippen MR) is 115 cm³/mol. The van der Waals surface area contributed by atoms with Gasteiger partial charge in [-0.25, -0.2) is 4.98 Å². The lowest BCUT2D eigenvalue weighted by Crippen LogP contribution is -2.30. The number of ether oxygens (including phenoxy) is 2. The number of fused-ring (bicyclic) bond motifs is 1. The van der Waals surface area contributed by atoms with Gasteiger partial charge in [0.1, 0.15) is 9.88 Å². The van der Waals surface area contributed by atoms with Crippen molar-refractivity contribution in [2.75, 3.05) is 19.8 Å². The third kappa shape index (κ3) is 3.53. The van der Waals surface area contributed by atoms with E-state index in [1.807, 2.05) is 35.4 Å². The lowest BCUT2D eigenvalue weighted by molar-refractivity contribution is 0.0739.